The molecule has 0 atom stereocenters. The molecule has 0 spiro atoms. The molecule has 2 rings (SSSR count). The van der Waals surface area contributed by atoms with Gasteiger partial charge >= 0.3 is 0 Å². The van der Waals surface area contributed by atoms with Gasteiger partial charge in [0.05, 0.1) is 19.9 Å². The zero-order valence-corrected chi connectivity index (χ0v) is 9.35. The molecule has 1 heterocycles. The molecule has 0 fully saturated rings. The molecule has 17 heavy (non-hydrogen) atoms. The third kappa shape index (κ3) is 2.42. The van der Waals surface area contributed by atoms with Crippen molar-refractivity contribution in [2.45, 2.75) is 6.61 Å². The normalized spacial score (nSPS) is 10.3. The average Bonchev–Trinajstić information content (AvgIpc) is 2.39. The highest BCUT2D eigenvalue weighted by molar-refractivity contribution is 5.65. The van der Waals surface area contributed by atoms with Gasteiger partial charge < -0.3 is 9.84 Å². The van der Waals surface area contributed by atoms with Gasteiger partial charge in [-0.2, -0.15) is 0 Å². The van der Waals surface area contributed by atoms with E-state index in [1.54, 1.807) is 24.3 Å². The van der Waals surface area contributed by atoms with Crippen LogP contribution in [0, 0.1) is 5.82 Å². The molecule has 88 valence electrons. The van der Waals surface area contributed by atoms with Crippen molar-refractivity contribution >= 4 is 0 Å². The van der Waals surface area contributed by atoms with Crippen molar-refractivity contribution < 1.29 is 14.2 Å². The first kappa shape index (κ1) is 11.5. The highest BCUT2D eigenvalue weighted by Crippen LogP contribution is 2.26. The lowest BCUT2D eigenvalue weighted by atomic mass is 10.0. The van der Waals surface area contributed by atoms with Gasteiger partial charge in [0.2, 0.25) is 5.88 Å². The molecular formula is C13H12FNO2. The summed E-state index contributed by atoms with van der Waals surface area (Å²) in [4.78, 5) is 3.78. The Morgan fingerprint density at radius 2 is 2.18 bits per heavy atom. The van der Waals surface area contributed by atoms with Crippen LogP contribution in [-0.4, -0.2) is 17.2 Å². The number of rotatable bonds is 3. The molecule has 3 nitrogen and oxygen atoms in total. The molecule has 0 saturated heterocycles. The molecule has 1 aromatic carbocycles. The summed E-state index contributed by atoms with van der Waals surface area (Å²) in [6.07, 6.45) is 1.12. The van der Waals surface area contributed by atoms with E-state index in [2.05, 4.69) is 4.98 Å². The Morgan fingerprint density at radius 3 is 2.88 bits per heavy atom. The molecular weight excluding hydrogens is 221 g/mol. The van der Waals surface area contributed by atoms with Crippen LogP contribution in [0.4, 0.5) is 4.39 Å². The molecule has 0 saturated carbocycles. The zero-order chi connectivity index (χ0) is 12.3. The van der Waals surface area contributed by atoms with E-state index in [1.165, 1.54) is 13.2 Å². The SMILES string of the molecule is COc1cc(-c2cccc(CO)c2)c(F)cn1. The standard InChI is InChI=1S/C13H12FNO2/c1-17-13-6-11(12(14)7-15-13)10-4-2-3-9(5-10)8-16/h2-7,16H,8H2,1H3. The summed E-state index contributed by atoms with van der Waals surface area (Å²) in [5.41, 5.74) is 1.83. The fourth-order valence-electron chi connectivity index (χ4n) is 1.59. The molecule has 4 heteroatoms. The van der Waals surface area contributed by atoms with Gasteiger partial charge in [0.25, 0.3) is 0 Å². The van der Waals surface area contributed by atoms with Crippen LogP contribution in [0.15, 0.2) is 36.5 Å². The minimum atomic E-state index is -0.416. The number of aliphatic hydroxyl groups is 1. The van der Waals surface area contributed by atoms with E-state index < -0.39 is 5.82 Å². The number of hydrogen-bond donors (Lipinski definition) is 1. The summed E-state index contributed by atoms with van der Waals surface area (Å²) in [6.45, 7) is -0.0717. The zero-order valence-electron chi connectivity index (χ0n) is 9.35. The summed E-state index contributed by atoms with van der Waals surface area (Å²) < 4.78 is 18.6. The van der Waals surface area contributed by atoms with Crippen LogP contribution in [0.25, 0.3) is 11.1 Å². The molecule has 0 aliphatic rings. The van der Waals surface area contributed by atoms with E-state index in [4.69, 9.17) is 9.84 Å². The maximum atomic E-state index is 13.6. The Bertz CT molecular complexity index is 529. The van der Waals surface area contributed by atoms with Gasteiger partial charge in [-0.1, -0.05) is 18.2 Å². The third-order valence-corrected chi connectivity index (χ3v) is 2.46. The molecule has 0 radical (unpaired) electrons. The number of benzene rings is 1. The van der Waals surface area contributed by atoms with Crippen LogP contribution in [0.3, 0.4) is 0 Å². The van der Waals surface area contributed by atoms with Crippen LogP contribution in [0.1, 0.15) is 5.56 Å². The van der Waals surface area contributed by atoms with Crippen molar-refractivity contribution in [3.8, 4) is 17.0 Å². The Labute approximate surface area is 98.5 Å². The Kier molecular flexibility index (Phi) is 3.35. The number of aliphatic hydroxyl groups excluding tert-OH is 1. The predicted molar refractivity (Wildman–Crippen MR) is 62.1 cm³/mol. The van der Waals surface area contributed by atoms with Crippen LogP contribution >= 0.6 is 0 Å². The van der Waals surface area contributed by atoms with Crippen molar-refractivity contribution in [1.29, 1.82) is 0 Å². The number of aromatic nitrogens is 1. The van der Waals surface area contributed by atoms with E-state index in [9.17, 15) is 4.39 Å². The summed E-state index contributed by atoms with van der Waals surface area (Å²) in [5, 5.41) is 9.05. The first-order valence-electron chi connectivity index (χ1n) is 5.14. The molecule has 2 aromatic rings. The monoisotopic (exact) mass is 233 g/mol. The van der Waals surface area contributed by atoms with Gasteiger partial charge in [-0.3, -0.25) is 0 Å². The number of halogens is 1. The highest BCUT2D eigenvalue weighted by Gasteiger charge is 2.08. The van der Waals surface area contributed by atoms with Crippen molar-refractivity contribution in [1.82, 2.24) is 4.98 Å². The minimum absolute atomic E-state index is 0.0717. The van der Waals surface area contributed by atoms with Gasteiger partial charge in [0, 0.05) is 11.6 Å². The van der Waals surface area contributed by atoms with E-state index in [-0.39, 0.29) is 6.61 Å². The maximum absolute atomic E-state index is 13.6. The summed E-state index contributed by atoms with van der Waals surface area (Å²) in [6, 6.07) is 8.59. The summed E-state index contributed by atoms with van der Waals surface area (Å²) >= 11 is 0. The fourth-order valence-corrected chi connectivity index (χ4v) is 1.59. The van der Waals surface area contributed by atoms with E-state index in [0.29, 0.717) is 17.0 Å². The van der Waals surface area contributed by atoms with Gasteiger partial charge in [0.1, 0.15) is 5.82 Å². The largest absolute Gasteiger partial charge is 0.481 e. The van der Waals surface area contributed by atoms with Crippen LogP contribution in [0.2, 0.25) is 0 Å². The first-order valence-corrected chi connectivity index (χ1v) is 5.14. The number of methoxy groups -OCH3 is 1. The summed E-state index contributed by atoms with van der Waals surface area (Å²) in [5.74, 6) is -0.0586. The van der Waals surface area contributed by atoms with Gasteiger partial charge in [0.15, 0.2) is 0 Å². The minimum Gasteiger partial charge on any atom is -0.481 e. The van der Waals surface area contributed by atoms with Gasteiger partial charge in [-0.15, -0.1) is 0 Å². The highest BCUT2D eigenvalue weighted by atomic mass is 19.1. The Hall–Kier alpha value is -1.94. The van der Waals surface area contributed by atoms with Crippen molar-refractivity contribution in [2.24, 2.45) is 0 Å². The molecule has 1 N–H and O–H groups in total. The van der Waals surface area contributed by atoms with Crippen LogP contribution in [0.5, 0.6) is 5.88 Å². The quantitative estimate of drug-likeness (QED) is 0.885. The molecule has 0 aliphatic carbocycles. The fraction of sp³-hybridized carbons (Fsp3) is 0.154. The van der Waals surface area contributed by atoms with E-state index in [1.807, 2.05) is 0 Å². The van der Waals surface area contributed by atoms with Crippen molar-refractivity contribution in [3.05, 3.63) is 47.9 Å². The van der Waals surface area contributed by atoms with Crippen LogP contribution < -0.4 is 4.74 Å². The number of hydrogen-bond acceptors (Lipinski definition) is 3. The van der Waals surface area contributed by atoms with Gasteiger partial charge in [-0.05, 0) is 17.2 Å². The number of pyridine rings is 1. The second-order valence-electron chi connectivity index (χ2n) is 3.57. The molecule has 1 aromatic heterocycles. The lowest BCUT2D eigenvalue weighted by Crippen LogP contribution is -1.92. The molecule has 0 unspecified atom stereocenters. The second-order valence-corrected chi connectivity index (χ2v) is 3.57. The van der Waals surface area contributed by atoms with Crippen molar-refractivity contribution in [3.63, 3.8) is 0 Å². The Balaban J connectivity index is 2.50. The van der Waals surface area contributed by atoms with E-state index >= 15 is 0 Å². The lowest BCUT2D eigenvalue weighted by molar-refractivity contribution is 0.282. The third-order valence-electron chi connectivity index (χ3n) is 2.46. The molecule has 0 amide bonds. The Morgan fingerprint density at radius 1 is 1.35 bits per heavy atom. The predicted octanol–water partition coefficient (Wildman–Crippen LogP) is 2.39. The maximum Gasteiger partial charge on any atom is 0.213 e. The average molecular weight is 233 g/mol. The van der Waals surface area contributed by atoms with E-state index in [0.717, 1.165) is 11.8 Å². The molecule has 0 aliphatic heterocycles. The second kappa shape index (κ2) is 4.93. The summed E-state index contributed by atoms with van der Waals surface area (Å²) in [7, 11) is 1.48. The smallest absolute Gasteiger partial charge is 0.213 e. The molecule has 0 bridgehead atoms. The van der Waals surface area contributed by atoms with Crippen LogP contribution in [-0.2, 0) is 6.61 Å². The number of nitrogens with zero attached hydrogens (tertiary/aromatic N) is 1. The first-order chi connectivity index (χ1) is 8.24. The lowest BCUT2D eigenvalue weighted by Gasteiger charge is -2.06. The van der Waals surface area contributed by atoms with Crippen molar-refractivity contribution in [2.75, 3.05) is 7.11 Å². The topological polar surface area (TPSA) is 42.4 Å². The van der Waals surface area contributed by atoms with Gasteiger partial charge in [-0.25, -0.2) is 9.37 Å². The number of ether oxygens (including phenoxy) is 1.